The highest BCUT2D eigenvalue weighted by molar-refractivity contribution is 8.00. The van der Waals surface area contributed by atoms with Gasteiger partial charge in [0.2, 0.25) is 5.91 Å². The van der Waals surface area contributed by atoms with Gasteiger partial charge in [-0.1, -0.05) is 30.8 Å². The van der Waals surface area contributed by atoms with Gasteiger partial charge in [-0.25, -0.2) is 4.98 Å². The first-order chi connectivity index (χ1) is 10.2. The lowest BCUT2D eigenvalue weighted by Gasteiger charge is -2.06. The van der Waals surface area contributed by atoms with Crippen LogP contribution in [-0.4, -0.2) is 16.6 Å². The smallest absolute Gasteiger partial charge is 0.234 e. The third-order valence-corrected chi connectivity index (χ3v) is 3.88. The minimum Gasteiger partial charge on any atom is -0.325 e. The molecule has 1 heterocycles. The van der Waals surface area contributed by atoms with E-state index in [2.05, 4.69) is 23.3 Å². The summed E-state index contributed by atoms with van der Waals surface area (Å²) in [6.45, 7) is 2.09. The molecule has 0 spiro atoms. The first-order valence-electron chi connectivity index (χ1n) is 6.59. The topological polar surface area (TPSA) is 65.8 Å². The van der Waals surface area contributed by atoms with Crippen LogP contribution in [0.15, 0.2) is 47.6 Å². The highest BCUT2D eigenvalue weighted by Gasteiger charge is 2.07. The molecule has 0 aliphatic carbocycles. The van der Waals surface area contributed by atoms with Gasteiger partial charge in [-0.2, -0.15) is 5.26 Å². The van der Waals surface area contributed by atoms with Crippen LogP contribution in [0, 0.1) is 11.3 Å². The lowest BCUT2D eigenvalue weighted by molar-refractivity contribution is -0.113. The van der Waals surface area contributed by atoms with Crippen LogP contribution in [-0.2, 0) is 11.2 Å². The van der Waals surface area contributed by atoms with Crippen molar-refractivity contribution in [2.45, 2.75) is 18.4 Å². The van der Waals surface area contributed by atoms with E-state index in [4.69, 9.17) is 5.26 Å². The molecule has 1 amide bonds. The maximum Gasteiger partial charge on any atom is 0.234 e. The van der Waals surface area contributed by atoms with Crippen molar-refractivity contribution in [1.82, 2.24) is 4.98 Å². The van der Waals surface area contributed by atoms with Gasteiger partial charge < -0.3 is 5.32 Å². The summed E-state index contributed by atoms with van der Waals surface area (Å²) in [5.41, 5.74) is 2.50. The summed E-state index contributed by atoms with van der Waals surface area (Å²) in [5.74, 6) is 0.111. The molecule has 0 atom stereocenters. The Balaban J connectivity index is 1.91. The third kappa shape index (κ3) is 4.33. The normalized spacial score (nSPS) is 9.90. The Labute approximate surface area is 128 Å². The van der Waals surface area contributed by atoms with E-state index in [-0.39, 0.29) is 11.7 Å². The van der Waals surface area contributed by atoms with E-state index in [1.807, 2.05) is 24.3 Å². The van der Waals surface area contributed by atoms with Crippen molar-refractivity contribution in [3.05, 3.63) is 53.7 Å². The highest BCUT2D eigenvalue weighted by atomic mass is 32.2. The Morgan fingerprint density at radius 2 is 2.10 bits per heavy atom. The maximum absolute atomic E-state index is 11.9. The number of anilines is 1. The van der Waals surface area contributed by atoms with Crippen molar-refractivity contribution in [3.63, 3.8) is 0 Å². The number of nitrogens with zero attached hydrogens (tertiary/aromatic N) is 2. The van der Waals surface area contributed by atoms with Gasteiger partial charge in [-0.05, 0) is 36.2 Å². The number of pyridine rings is 1. The number of nitrogens with one attached hydrogen (secondary N) is 1. The van der Waals surface area contributed by atoms with Crippen LogP contribution in [0.3, 0.4) is 0 Å². The number of hydrogen-bond donors (Lipinski definition) is 1. The molecule has 1 N–H and O–H groups in total. The first kappa shape index (κ1) is 15.1. The monoisotopic (exact) mass is 297 g/mol. The second kappa shape index (κ2) is 7.46. The van der Waals surface area contributed by atoms with Gasteiger partial charge in [0, 0.05) is 11.9 Å². The van der Waals surface area contributed by atoms with Crippen molar-refractivity contribution in [2.24, 2.45) is 0 Å². The van der Waals surface area contributed by atoms with Gasteiger partial charge >= 0.3 is 0 Å². The zero-order chi connectivity index (χ0) is 15.1. The van der Waals surface area contributed by atoms with E-state index in [9.17, 15) is 4.79 Å². The second-order valence-corrected chi connectivity index (χ2v) is 5.32. The number of thioether (sulfide) groups is 1. The Hall–Kier alpha value is -2.32. The van der Waals surface area contributed by atoms with E-state index in [1.54, 1.807) is 18.3 Å². The Bertz CT molecular complexity index is 662. The fourth-order valence-corrected chi connectivity index (χ4v) is 2.49. The van der Waals surface area contributed by atoms with Gasteiger partial charge in [0.1, 0.15) is 11.1 Å². The highest BCUT2D eigenvalue weighted by Crippen LogP contribution is 2.19. The lowest BCUT2D eigenvalue weighted by atomic mass is 10.1. The lowest BCUT2D eigenvalue weighted by Crippen LogP contribution is -2.14. The summed E-state index contributed by atoms with van der Waals surface area (Å²) in [6.07, 6.45) is 2.59. The molecule has 2 rings (SSSR count). The van der Waals surface area contributed by atoms with E-state index >= 15 is 0 Å². The summed E-state index contributed by atoms with van der Waals surface area (Å²) in [4.78, 5) is 16.0. The van der Waals surface area contributed by atoms with Crippen LogP contribution in [0.4, 0.5) is 5.69 Å². The van der Waals surface area contributed by atoms with E-state index < -0.39 is 0 Å². The fourth-order valence-electron chi connectivity index (χ4n) is 1.75. The Morgan fingerprint density at radius 3 is 2.76 bits per heavy atom. The molecule has 2 aromatic rings. The SMILES string of the molecule is CCc1ccc(NC(=O)CSc2ncccc2C#N)cc1. The molecular weight excluding hydrogens is 282 g/mol. The zero-order valence-electron chi connectivity index (χ0n) is 11.7. The fraction of sp³-hybridized carbons (Fsp3) is 0.188. The van der Waals surface area contributed by atoms with Crippen LogP contribution in [0.5, 0.6) is 0 Å². The molecule has 4 nitrogen and oxygen atoms in total. The molecule has 0 saturated carbocycles. The summed E-state index contributed by atoms with van der Waals surface area (Å²) in [6, 6.07) is 13.2. The zero-order valence-corrected chi connectivity index (χ0v) is 12.5. The maximum atomic E-state index is 11.9. The van der Waals surface area contributed by atoms with Crippen molar-refractivity contribution >= 4 is 23.4 Å². The molecule has 0 aliphatic rings. The quantitative estimate of drug-likeness (QED) is 0.860. The molecule has 1 aromatic carbocycles. The molecule has 0 aliphatic heterocycles. The number of rotatable bonds is 5. The van der Waals surface area contributed by atoms with Crippen molar-refractivity contribution in [2.75, 3.05) is 11.1 Å². The number of hydrogen-bond acceptors (Lipinski definition) is 4. The van der Waals surface area contributed by atoms with Gasteiger partial charge in [-0.3, -0.25) is 4.79 Å². The standard InChI is InChI=1S/C16H15N3OS/c1-2-12-5-7-14(8-6-12)19-15(20)11-21-16-13(10-17)4-3-9-18-16/h3-9H,2,11H2,1H3,(H,19,20). The summed E-state index contributed by atoms with van der Waals surface area (Å²) in [7, 11) is 0. The number of aryl methyl sites for hydroxylation is 1. The van der Waals surface area contributed by atoms with Crippen LogP contribution in [0.1, 0.15) is 18.1 Å². The molecule has 0 unspecified atom stereocenters. The Morgan fingerprint density at radius 1 is 1.33 bits per heavy atom. The number of aromatic nitrogens is 1. The second-order valence-electron chi connectivity index (χ2n) is 4.36. The number of amides is 1. The van der Waals surface area contributed by atoms with E-state index in [0.717, 1.165) is 12.1 Å². The van der Waals surface area contributed by atoms with Crippen LogP contribution in [0.25, 0.3) is 0 Å². The van der Waals surface area contributed by atoms with E-state index in [0.29, 0.717) is 10.6 Å². The first-order valence-corrected chi connectivity index (χ1v) is 7.58. The molecule has 5 heteroatoms. The predicted molar refractivity (Wildman–Crippen MR) is 84.1 cm³/mol. The number of carbonyl (C=O) groups is 1. The summed E-state index contributed by atoms with van der Waals surface area (Å²) in [5, 5.41) is 12.4. The molecule has 1 aromatic heterocycles. The molecule has 0 fully saturated rings. The minimum atomic E-state index is -0.112. The molecule has 21 heavy (non-hydrogen) atoms. The van der Waals surface area contributed by atoms with Crippen LogP contribution in [0.2, 0.25) is 0 Å². The third-order valence-electron chi connectivity index (χ3n) is 2.88. The molecule has 106 valence electrons. The van der Waals surface area contributed by atoms with Crippen molar-refractivity contribution in [1.29, 1.82) is 5.26 Å². The molecule has 0 saturated heterocycles. The number of nitriles is 1. The largest absolute Gasteiger partial charge is 0.325 e. The molecular formula is C16H15N3OS. The van der Waals surface area contributed by atoms with Crippen LogP contribution < -0.4 is 5.32 Å². The van der Waals surface area contributed by atoms with Gasteiger partial charge in [0.05, 0.1) is 11.3 Å². The summed E-state index contributed by atoms with van der Waals surface area (Å²) < 4.78 is 0. The number of carbonyl (C=O) groups excluding carboxylic acids is 1. The van der Waals surface area contributed by atoms with Crippen LogP contribution >= 0.6 is 11.8 Å². The van der Waals surface area contributed by atoms with Crippen molar-refractivity contribution in [3.8, 4) is 6.07 Å². The van der Waals surface area contributed by atoms with E-state index in [1.165, 1.54) is 17.3 Å². The Kier molecular flexibility index (Phi) is 5.35. The van der Waals surface area contributed by atoms with Gasteiger partial charge in [0.15, 0.2) is 0 Å². The molecule has 0 bridgehead atoms. The van der Waals surface area contributed by atoms with Crippen molar-refractivity contribution < 1.29 is 4.79 Å². The number of benzene rings is 1. The predicted octanol–water partition coefficient (Wildman–Crippen LogP) is 3.25. The molecule has 0 radical (unpaired) electrons. The minimum absolute atomic E-state index is 0.112. The average molecular weight is 297 g/mol. The summed E-state index contributed by atoms with van der Waals surface area (Å²) >= 11 is 1.26. The van der Waals surface area contributed by atoms with Gasteiger partial charge in [-0.15, -0.1) is 0 Å². The van der Waals surface area contributed by atoms with Gasteiger partial charge in [0.25, 0.3) is 0 Å². The average Bonchev–Trinajstić information content (AvgIpc) is 2.54.